The predicted octanol–water partition coefficient (Wildman–Crippen LogP) is 4.68. The second kappa shape index (κ2) is 9.94. The number of tetrazole rings is 1. The third kappa shape index (κ3) is 4.79. The summed E-state index contributed by atoms with van der Waals surface area (Å²) in [5.41, 5.74) is 4.07. The molecule has 7 nitrogen and oxygen atoms in total. The van der Waals surface area contributed by atoms with E-state index < -0.39 is 5.95 Å². The van der Waals surface area contributed by atoms with Crippen LogP contribution in [0.1, 0.15) is 44.9 Å². The van der Waals surface area contributed by atoms with E-state index >= 15 is 4.39 Å². The normalized spacial score (nSPS) is 11.4. The Bertz CT molecular complexity index is 1260. The summed E-state index contributed by atoms with van der Waals surface area (Å²) in [6.07, 6.45) is 2.09. The SMILES string of the molecule is CCCn1c(F)c(CCC(C)C)n(Cc2ccc(-c3ccccc3-c3nnn[nH]3)cc2)c1=O. The zero-order valence-electron chi connectivity index (χ0n) is 19.3. The lowest BCUT2D eigenvalue weighted by Crippen LogP contribution is -2.26. The number of benzene rings is 2. The number of halogens is 1. The number of hydrogen-bond acceptors (Lipinski definition) is 4. The lowest BCUT2D eigenvalue weighted by atomic mass is 9.98. The highest BCUT2D eigenvalue weighted by atomic mass is 19.1. The van der Waals surface area contributed by atoms with Crippen molar-refractivity contribution < 1.29 is 4.39 Å². The first-order chi connectivity index (χ1) is 16.0. The Morgan fingerprint density at radius 2 is 1.76 bits per heavy atom. The lowest BCUT2D eigenvalue weighted by Gasteiger charge is -2.11. The van der Waals surface area contributed by atoms with Crippen LogP contribution in [0.4, 0.5) is 4.39 Å². The molecule has 0 amide bonds. The van der Waals surface area contributed by atoms with Crippen LogP contribution < -0.4 is 5.69 Å². The highest BCUT2D eigenvalue weighted by Gasteiger charge is 2.20. The van der Waals surface area contributed by atoms with Crippen molar-refractivity contribution in [3.05, 3.63) is 76.2 Å². The van der Waals surface area contributed by atoms with E-state index in [4.69, 9.17) is 0 Å². The fourth-order valence-electron chi connectivity index (χ4n) is 4.04. The van der Waals surface area contributed by atoms with Crippen molar-refractivity contribution in [2.75, 3.05) is 0 Å². The molecule has 0 saturated carbocycles. The molecule has 0 aliphatic rings. The zero-order chi connectivity index (χ0) is 23.4. The fraction of sp³-hybridized carbons (Fsp3) is 0.360. The van der Waals surface area contributed by atoms with E-state index in [0.29, 0.717) is 43.4 Å². The summed E-state index contributed by atoms with van der Waals surface area (Å²) in [4.78, 5) is 13.0. The highest BCUT2D eigenvalue weighted by Crippen LogP contribution is 2.29. The van der Waals surface area contributed by atoms with Gasteiger partial charge in [-0.2, -0.15) is 4.39 Å². The summed E-state index contributed by atoms with van der Waals surface area (Å²) in [5.74, 6) is 0.638. The van der Waals surface area contributed by atoms with E-state index in [1.807, 2.05) is 55.5 Å². The van der Waals surface area contributed by atoms with Crippen molar-refractivity contribution >= 4 is 0 Å². The predicted molar refractivity (Wildman–Crippen MR) is 126 cm³/mol. The molecule has 0 unspecified atom stereocenters. The van der Waals surface area contributed by atoms with Gasteiger partial charge in [0.15, 0.2) is 5.82 Å². The van der Waals surface area contributed by atoms with Gasteiger partial charge in [-0.05, 0) is 52.3 Å². The molecule has 33 heavy (non-hydrogen) atoms. The first-order valence-corrected chi connectivity index (χ1v) is 11.4. The van der Waals surface area contributed by atoms with Gasteiger partial charge in [0.1, 0.15) is 0 Å². The van der Waals surface area contributed by atoms with Crippen LogP contribution in [-0.4, -0.2) is 29.8 Å². The third-order valence-electron chi connectivity index (χ3n) is 5.80. The molecule has 172 valence electrons. The van der Waals surface area contributed by atoms with Crippen LogP contribution in [0.3, 0.4) is 0 Å². The molecule has 2 aromatic carbocycles. The molecule has 4 rings (SSSR count). The topological polar surface area (TPSA) is 81.4 Å². The highest BCUT2D eigenvalue weighted by molar-refractivity contribution is 5.80. The van der Waals surface area contributed by atoms with E-state index in [1.165, 1.54) is 4.57 Å². The smallest absolute Gasteiger partial charge is 0.289 e. The molecule has 2 aromatic heterocycles. The van der Waals surface area contributed by atoms with Gasteiger partial charge in [-0.15, -0.1) is 5.10 Å². The second-order valence-electron chi connectivity index (χ2n) is 8.68. The van der Waals surface area contributed by atoms with Gasteiger partial charge in [0.25, 0.3) is 0 Å². The van der Waals surface area contributed by atoms with Crippen molar-refractivity contribution in [1.82, 2.24) is 29.8 Å². The monoisotopic (exact) mass is 448 g/mol. The molecule has 0 atom stereocenters. The standard InChI is InChI=1S/C25H29FN6O/c1-4-15-31-23(26)22(14-9-17(2)3)32(25(31)33)16-18-10-12-19(13-11-18)20-7-5-6-8-21(20)24-27-29-30-28-24/h5-8,10-13,17H,4,9,14-16H2,1-3H3,(H,27,28,29,30). The van der Waals surface area contributed by atoms with Gasteiger partial charge in [0.05, 0.1) is 12.2 Å². The van der Waals surface area contributed by atoms with Crippen molar-refractivity contribution in [2.45, 2.75) is 53.1 Å². The average Bonchev–Trinajstić information content (AvgIpc) is 3.43. The van der Waals surface area contributed by atoms with Gasteiger partial charge in [-0.1, -0.05) is 69.3 Å². The van der Waals surface area contributed by atoms with Crippen LogP contribution in [0.15, 0.2) is 53.3 Å². The number of aromatic nitrogens is 6. The Morgan fingerprint density at radius 1 is 1.03 bits per heavy atom. The van der Waals surface area contributed by atoms with Crippen LogP contribution in [-0.2, 0) is 19.5 Å². The number of nitrogens with one attached hydrogen (secondary N) is 1. The molecule has 4 aromatic rings. The molecular weight excluding hydrogens is 419 g/mol. The second-order valence-corrected chi connectivity index (χ2v) is 8.68. The minimum Gasteiger partial charge on any atom is -0.289 e. The largest absolute Gasteiger partial charge is 0.330 e. The summed E-state index contributed by atoms with van der Waals surface area (Å²) < 4.78 is 17.9. The van der Waals surface area contributed by atoms with E-state index in [-0.39, 0.29) is 5.69 Å². The van der Waals surface area contributed by atoms with Crippen molar-refractivity contribution in [1.29, 1.82) is 0 Å². The summed E-state index contributed by atoms with van der Waals surface area (Å²) in [6.45, 7) is 6.89. The number of nitrogens with zero attached hydrogens (tertiary/aromatic N) is 5. The van der Waals surface area contributed by atoms with Crippen molar-refractivity contribution in [2.24, 2.45) is 5.92 Å². The van der Waals surface area contributed by atoms with Gasteiger partial charge in [0, 0.05) is 12.1 Å². The summed E-state index contributed by atoms with van der Waals surface area (Å²) in [7, 11) is 0. The Morgan fingerprint density at radius 3 is 2.39 bits per heavy atom. The Balaban J connectivity index is 1.64. The van der Waals surface area contributed by atoms with E-state index in [1.54, 1.807) is 4.57 Å². The van der Waals surface area contributed by atoms with Crippen molar-refractivity contribution in [3.63, 3.8) is 0 Å². The summed E-state index contributed by atoms with van der Waals surface area (Å²) in [5, 5.41) is 14.2. The quantitative estimate of drug-likeness (QED) is 0.403. The van der Waals surface area contributed by atoms with E-state index in [9.17, 15) is 4.79 Å². The molecule has 0 aliphatic heterocycles. The van der Waals surface area contributed by atoms with Crippen LogP contribution in [0.25, 0.3) is 22.5 Å². The maximum atomic E-state index is 15.1. The van der Waals surface area contributed by atoms with Gasteiger partial charge >= 0.3 is 5.69 Å². The number of hydrogen-bond donors (Lipinski definition) is 1. The first-order valence-electron chi connectivity index (χ1n) is 11.4. The minimum atomic E-state index is -0.395. The fourth-order valence-corrected chi connectivity index (χ4v) is 4.04. The van der Waals surface area contributed by atoms with E-state index in [2.05, 4.69) is 34.5 Å². The average molecular weight is 449 g/mol. The zero-order valence-corrected chi connectivity index (χ0v) is 19.3. The maximum absolute atomic E-state index is 15.1. The maximum Gasteiger partial charge on any atom is 0.330 e. The van der Waals surface area contributed by atoms with Gasteiger partial charge in [-0.25, -0.2) is 9.89 Å². The van der Waals surface area contributed by atoms with E-state index in [0.717, 1.165) is 28.7 Å². The van der Waals surface area contributed by atoms with Gasteiger partial charge in [-0.3, -0.25) is 9.13 Å². The molecule has 2 heterocycles. The molecule has 0 radical (unpaired) electrons. The van der Waals surface area contributed by atoms with Gasteiger partial charge in [0.2, 0.25) is 5.95 Å². The number of rotatable bonds is 9. The van der Waals surface area contributed by atoms with Crippen LogP contribution in [0.2, 0.25) is 0 Å². The molecule has 8 heteroatoms. The Kier molecular flexibility index (Phi) is 6.82. The first kappa shape index (κ1) is 22.6. The number of H-pyrrole nitrogens is 1. The summed E-state index contributed by atoms with van der Waals surface area (Å²) >= 11 is 0. The number of aromatic amines is 1. The van der Waals surface area contributed by atoms with Crippen LogP contribution in [0, 0.1) is 11.9 Å². The molecule has 0 fully saturated rings. The Labute approximate surface area is 192 Å². The minimum absolute atomic E-state index is 0.277. The molecule has 0 aliphatic carbocycles. The molecule has 1 N–H and O–H groups in total. The molecule has 0 spiro atoms. The molecule has 0 bridgehead atoms. The lowest BCUT2D eigenvalue weighted by molar-refractivity contribution is 0.469. The third-order valence-corrected chi connectivity index (χ3v) is 5.80. The summed E-state index contributed by atoms with van der Waals surface area (Å²) in [6, 6.07) is 15.9. The number of imidazole rings is 1. The molecule has 0 saturated heterocycles. The van der Waals surface area contributed by atoms with Gasteiger partial charge < -0.3 is 0 Å². The Hall–Kier alpha value is -3.55. The van der Waals surface area contributed by atoms with Crippen LogP contribution >= 0.6 is 0 Å². The van der Waals surface area contributed by atoms with Crippen LogP contribution in [0.5, 0.6) is 0 Å². The van der Waals surface area contributed by atoms with Crippen molar-refractivity contribution in [3.8, 4) is 22.5 Å². The molecular formula is C25H29FN6O.